The van der Waals surface area contributed by atoms with E-state index in [4.69, 9.17) is 4.52 Å². The topological polar surface area (TPSA) is 82.7 Å². The molecule has 3 rings (SSSR count). The van der Waals surface area contributed by atoms with Crippen LogP contribution in [0.15, 0.2) is 4.52 Å². The molecule has 2 aliphatic rings. The first-order valence-electron chi connectivity index (χ1n) is 8.02. The number of nitrogens with zero attached hydrogens (tertiary/aromatic N) is 4. The van der Waals surface area contributed by atoms with Crippen LogP contribution in [0.2, 0.25) is 0 Å². The van der Waals surface area contributed by atoms with Crippen LogP contribution in [0.5, 0.6) is 0 Å². The minimum atomic E-state index is -1.18. The number of aryl methyl sites for hydroxylation is 1. The summed E-state index contributed by atoms with van der Waals surface area (Å²) in [5.41, 5.74) is -1.18. The Labute approximate surface area is 130 Å². The number of aromatic nitrogens is 2. The Bertz CT molecular complexity index is 539. The van der Waals surface area contributed by atoms with Crippen molar-refractivity contribution in [2.45, 2.75) is 50.7 Å². The highest BCUT2D eigenvalue weighted by atomic mass is 16.5. The molecule has 1 aliphatic carbocycles. The van der Waals surface area contributed by atoms with Crippen molar-refractivity contribution < 1.29 is 14.4 Å². The van der Waals surface area contributed by atoms with Crippen LogP contribution in [-0.4, -0.2) is 63.2 Å². The van der Waals surface area contributed by atoms with E-state index in [1.165, 1.54) is 0 Å². The molecule has 1 amide bonds. The zero-order valence-electron chi connectivity index (χ0n) is 13.3. The number of piperazine rings is 1. The van der Waals surface area contributed by atoms with Gasteiger partial charge >= 0.3 is 0 Å². The van der Waals surface area contributed by atoms with Gasteiger partial charge < -0.3 is 14.5 Å². The Balaban J connectivity index is 1.73. The Morgan fingerprint density at radius 1 is 1.32 bits per heavy atom. The minimum Gasteiger partial charge on any atom is -0.380 e. The fourth-order valence-electron chi connectivity index (χ4n) is 3.42. The highest BCUT2D eigenvalue weighted by Crippen LogP contribution is 2.32. The molecule has 1 aromatic rings. The number of carbonyl (C=O) groups is 1. The second-order valence-electron chi connectivity index (χ2n) is 6.52. The summed E-state index contributed by atoms with van der Waals surface area (Å²) in [4.78, 5) is 20.9. The van der Waals surface area contributed by atoms with Crippen molar-refractivity contribution in [3.8, 4) is 0 Å². The zero-order valence-corrected chi connectivity index (χ0v) is 13.3. The standard InChI is InChI=1S/C15H24N4O3/c1-11-16-13(22-17-11)12-10-19(9-8-18(12)2)14(20)15(21)6-4-3-5-7-15/h12,21H,3-10H2,1-2H3. The first kappa shape index (κ1) is 15.4. The number of aliphatic hydroxyl groups is 1. The van der Waals surface area contributed by atoms with Gasteiger partial charge in [0, 0.05) is 19.6 Å². The average Bonchev–Trinajstić information content (AvgIpc) is 2.94. The summed E-state index contributed by atoms with van der Waals surface area (Å²) in [6, 6.07) is -0.105. The van der Waals surface area contributed by atoms with Gasteiger partial charge in [-0.05, 0) is 26.8 Å². The average molecular weight is 308 g/mol. The molecule has 1 atom stereocenters. The summed E-state index contributed by atoms with van der Waals surface area (Å²) >= 11 is 0. The fourth-order valence-corrected chi connectivity index (χ4v) is 3.42. The quantitative estimate of drug-likeness (QED) is 0.873. The van der Waals surface area contributed by atoms with Gasteiger partial charge in [0.25, 0.3) is 5.91 Å². The second-order valence-corrected chi connectivity index (χ2v) is 6.52. The number of carbonyl (C=O) groups excluding carboxylic acids is 1. The van der Waals surface area contributed by atoms with Crippen molar-refractivity contribution >= 4 is 5.91 Å². The van der Waals surface area contributed by atoms with Crippen LogP contribution in [-0.2, 0) is 4.79 Å². The summed E-state index contributed by atoms with van der Waals surface area (Å²) in [6.07, 6.45) is 4.08. The van der Waals surface area contributed by atoms with Crippen molar-refractivity contribution in [1.29, 1.82) is 0 Å². The number of hydrogen-bond donors (Lipinski definition) is 1. The molecule has 2 fully saturated rings. The molecule has 1 saturated heterocycles. The molecule has 22 heavy (non-hydrogen) atoms. The Morgan fingerprint density at radius 3 is 2.68 bits per heavy atom. The van der Waals surface area contributed by atoms with Gasteiger partial charge in [0.2, 0.25) is 5.89 Å². The Kier molecular flexibility index (Phi) is 4.18. The molecule has 1 aromatic heterocycles. The maximum atomic E-state index is 12.8. The summed E-state index contributed by atoms with van der Waals surface area (Å²) in [7, 11) is 1.99. The molecule has 0 aromatic carbocycles. The number of hydrogen-bond acceptors (Lipinski definition) is 6. The minimum absolute atomic E-state index is 0.105. The molecule has 1 saturated carbocycles. The molecular formula is C15H24N4O3. The Morgan fingerprint density at radius 2 is 2.05 bits per heavy atom. The van der Waals surface area contributed by atoms with Crippen molar-refractivity contribution in [1.82, 2.24) is 19.9 Å². The summed E-state index contributed by atoms with van der Waals surface area (Å²) in [5.74, 6) is 0.993. The molecule has 0 bridgehead atoms. The van der Waals surface area contributed by atoms with Gasteiger partial charge in [0.15, 0.2) is 5.82 Å². The van der Waals surface area contributed by atoms with E-state index in [-0.39, 0.29) is 11.9 Å². The SMILES string of the molecule is Cc1noc(C2CN(C(=O)C3(O)CCCCC3)CCN2C)n1. The summed E-state index contributed by atoms with van der Waals surface area (Å²) in [5, 5.41) is 14.5. The predicted octanol–water partition coefficient (Wildman–Crippen LogP) is 0.888. The highest BCUT2D eigenvalue weighted by Gasteiger charge is 2.42. The Hall–Kier alpha value is -1.47. The number of likely N-dealkylation sites (N-methyl/N-ethyl adjacent to an activating group) is 1. The normalized spacial score (nSPS) is 26.1. The van der Waals surface area contributed by atoms with Gasteiger partial charge in [-0.15, -0.1) is 0 Å². The van der Waals surface area contributed by atoms with Crippen LogP contribution < -0.4 is 0 Å². The molecule has 1 unspecified atom stereocenters. The maximum absolute atomic E-state index is 12.8. The van der Waals surface area contributed by atoms with Crippen LogP contribution >= 0.6 is 0 Å². The van der Waals surface area contributed by atoms with Gasteiger partial charge in [-0.1, -0.05) is 24.4 Å². The predicted molar refractivity (Wildman–Crippen MR) is 79.0 cm³/mol. The third kappa shape index (κ3) is 2.87. The maximum Gasteiger partial charge on any atom is 0.254 e. The molecule has 7 heteroatoms. The van der Waals surface area contributed by atoms with Gasteiger partial charge in [0.1, 0.15) is 11.6 Å². The third-order valence-electron chi connectivity index (χ3n) is 4.84. The monoisotopic (exact) mass is 308 g/mol. The van der Waals surface area contributed by atoms with Crippen LogP contribution in [0.25, 0.3) is 0 Å². The molecular weight excluding hydrogens is 284 g/mol. The van der Waals surface area contributed by atoms with E-state index < -0.39 is 5.60 Å². The van der Waals surface area contributed by atoms with E-state index in [0.29, 0.717) is 37.6 Å². The van der Waals surface area contributed by atoms with E-state index in [1.807, 2.05) is 7.05 Å². The lowest BCUT2D eigenvalue weighted by atomic mass is 9.83. The van der Waals surface area contributed by atoms with Crippen LogP contribution in [0.1, 0.15) is 49.9 Å². The van der Waals surface area contributed by atoms with Crippen molar-refractivity contribution in [2.24, 2.45) is 0 Å². The first-order chi connectivity index (χ1) is 10.5. The zero-order chi connectivity index (χ0) is 15.7. The van der Waals surface area contributed by atoms with E-state index in [0.717, 1.165) is 25.8 Å². The van der Waals surface area contributed by atoms with Gasteiger partial charge in [-0.3, -0.25) is 9.69 Å². The summed E-state index contributed by atoms with van der Waals surface area (Å²) in [6.45, 7) is 3.62. The lowest BCUT2D eigenvalue weighted by Gasteiger charge is -2.42. The van der Waals surface area contributed by atoms with Gasteiger partial charge in [-0.2, -0.15) is 4.98 Å². The van der Waals surface area contributed by atoms with E-state index >= 15 is 0 Å². The van der Waals surface area contributed by atoms with Crippen LogP contribution in [0.4, 0.5) is 0 Å². The molecule has 1 aliphatic heterocycles. The van der Waals surface area contributed by atoms with Crippen LogP contribution in [0.3, 0.4) is 0 Å². The molecule has 0 spiro atoms. The van der Waals surface area contributed by atoms with E-state index in [2.05, 4.69) is 15.0 Å². The fraction of sp³-hybridized carbons (Fsp3) is 0.800. The van der Waals surface area contributed by atoms with Gasteiger partial charge in [0.05, 0.1) is 0 Å². The largest absolute Gasteiger partial charge is 0.380 e. The smallest absolute Gasteiger partial charge is 0.254 e. The third-order valence-corrected chi connectivity index (χ3v) is 4.84. The molecule has 7 nitrogen and oxygen atoms in total. The van der Waals surface area contributed by atoms with Crippen LogP contribution in [0, 0.1) is 6.92 Å². The van der Waals surface area contributed by atoms with Crippen molar-refractivity contribution in [3.63, 3.8) is 0 Å². The number of amides is 1. The van der Waals surface area contributed by atoms with E-state index in [9.17, 15) is 9.90 Å². The second kappa shape index (κ2) is 5.96. The molecule has 0 radical (unpaired) electrons. The highest BCUT2D eigenvalue weighted by molar-refractivity contribution is 5.85. The molecule has 122 valence electrons. The lowest BCUT2D eigenvalue weighted by Crippen LogP contribution is -2.56. The van der Waals surface area contributed by atoms with Crippen molar-refractivity contribution in [3.05, 3.63) is 11.7 Å². The summed E-state index contributed by atoms with van der Waals surface area (Å²) < 4.78 is 5.27. The van der Waals surface area contributed by atoms with E-state index in [1.54, 1.807) is 11.8 Å². The number of rotatable bonds is 2. The first-order valence-corrected chi connectivity index (χ1v) is 8.02. The van der Waals surface area contributed by atoms with Crippen molar-refractivity contribution in [2.75, 3.05) is 26.7 Å². The molecule has 1 N–H and O–H groups in total. The van der Waals surface area contributed by atoms with Gasteiger partial charge in [-0.25, -0.2) is 0 Å². The molecule has 2 heterocycles. The lowest BCUT2D eigenvalue weighted by molar-refractivity contribution is -0.157.